The van der Waals surface area contributed by atoms with Gasteiger partial charge in [0.15, 0.2) is 5.65 Å². The monoisotopic (exact) mass is 438 g/mol. The molecule has 0 aliphatic carbocycles. The summed E-state index contributed by atoms with van der Waals surface area (Å²) in [4.78, 5) is 9.06. The van der Waals surface area contributed by atoms with Gasteiger partial charge in [0.2, 0.25) is 11.9 Å². The standard InChI is InChI=1S/C23H24F2N6O/c1-3-12-26-22-30-21(29-20-11-13-28-31(20)22)27-15-17-7-4-5-10-19(17)16-8-6-9-18(14-16)32-23(2,24)25/h4-11,13-14H,3,12,15H2,1-2H3,(H2,26,27,29,30). The van der Waals surface area contributed by atoms with E-state index in [4.69, 9.17) is 4.74 Å². The highest BCUT2D eigenvalue weighted by Gasteiger charge is 2.23. The number of hydrogen-bond donors (Lipinski definition) is 2. The van der Waals surface area contributed by atoms with Crippen molar-refractivity contribution in [3.8, 4) is 16.9 Å². The van der Waals surface area contributed by atoms with Crippen LogP contribution in [0.2, 0.25) is 0 Å². The lowest BCUT2D eigenvalue weighted by Gasteiger charge is -2.15. The fraction of sp³-hybridized carbons (Fsp3) is 0.261. The van der Waals surface area contributed by atoms with Crippen LogP contribution in [0.15, 0.2) is 60.8 Å². The second-order valence-electron chi connectivity index (χ2n) is 7.35. The molecular formula is C23H24F2N6O. The van der Waals surface area contributed by atoms with Gasteiger partial charge in [-0.15, -0.1) is 0 Å². The van der Waals surface area contributed by atoms with Crippen molar-refractivity contribution in [2.75, 3.05) is 17.2 Å². The molecule has 2 aromatic heterocycles. The van der Waals surface area contributed by atoms with Crippen LogP contribution in [0.25, 0.3) is 16.8 Å². The number of benzene rings is 2. The molecule has 0 radical (unpaired) electrons. The van der Waals surface area contributed by atoms with E-state index in [0.717, 1.165) is 36.6 Å². The van der Waals surface area contributed by atoms with E-state index in [1.165, 1.54) is 6.07 Å². The molecule has 0 unspecified atom stereocenters. The van der Waals surface area contributed by atoms with Crippen molar-refractivity contribution in [2.24, 2.45) is 0 Å². The van der Waals surface area contributed by atoms with Crippen molar-refractivity contribution in [2.45, 2.75) is 32.9 Å². The summed E-state index contributed by atoms with van der Waals surface area (Å²) < 4.78 is 32.9. The van der Waals surface area contributed by atoms with Gasteiger partial charge in [-0.05, 0) is 35.2 Å². The molecular weight excluding hydrogens is 414 g/mol. The van der Waals surface area contributed by atoms with Gasteiger partial charge in [-0.25, -0.2) is 0 Å². The SMILES string of the molecule is CCCNc1nc(NCc2ccccc2-c2cccc(OC(C)(F)F)c2)nc2ccnn12. The molecule has 4 rings (SSSR count). The third-order valence-corrected chi connectivity index (χ3v) is 4.69. The number of aromatic nitrogens is 4. The van der Waals surface area contributed by atoms with Crippen LogP contribution < -0.4 is 15.4 Å². The summed E-state index contributed by atoms with van der Waals surface area (Å²) in [6.45, 7) is 4.01. The first-order valence-electron chi connectivity index (χ1n) is 10.4. The van der Waals surface area contributed by atoms with Crippen LogP contribution in [-0.4, -0.2) is 32.2 Å². The molecule has 0 aliphatic heterocycles. The molecule has 32 heavy (non-hydrogen) atoms. The molecule has 166 valence electrons. The van der Waals surface area contributed by atoms with E-state index in [1.807, 2.05) is 36.4 Å². The molecule has 0 saturated carbocycles. The molecule has 0 bridgehead atoms. The Morgan fingerprint density at radius 1 is 1.03 bits per heavy atom. The summed E-state index contributed by atoms with van der Waals surface area (Å²) in [5.41, 5.74) is 3.33. The van der Waals surface area contributed by atoms with Gasteiger partial charge in [-0.3, -0.25) is 0 Å². The Hall–Kier alpha value is -3.75. The zero-order chi connectivity index (χ0) is 22.6. The molecule has 2 aromatic carbocycles. The average molecular weight is 438 g/mol. The molecule has 2 N–H and O–H groups in total. The highest BCUT2D eigenvalue weighted by atomic mass is 19.3. The lowest BCUT2D eigenvalue weighted by atomic mass is 9.99. The second-order valence-corrected chi connectivity index (χ2v) is 7.35. The van der Waals surface area contributed by atoms with Crippen molar-refractivity contribution >= 4 is 17.5 Å². The van der Waals surface area contributed by atoms with Crippen LogP contribution in [0.4, 0.5) is 20.7 Å². The molecule has 7 nitrogen and oxygen atoms in total. The number of fused-ring (bicyclic) bond motifs is 1. The van der Waals surface area contributed by atoms with Crippen molar-refractivity contribution < 1.29 is 13.5 Å². The maximum Gasteiger partial charge on any atom is 0.394 e. The maximum atomic E-state index is 13.3. The molecule has 0 amide bonds. The lowest BCUT2D eigenvalue weighted by molar-refractivity contribution is -0.158. The average Bonchev–Trinajstić information content (AvgIpc) is 3.24. The van der Waals surface area contributed by atoms with E-state index in [9.17, 15) is 8.78 Å². The summed E-state index contributed by atoms with van der Waals surface area (Å²) in [6, 6.07) is 16.2. The summed E-state index contributed by atoms with van der Waals surface area (Å²) in [5.74, 6) is 1.19. The normalized spacial score (nSPS) is 11.5. The molecule has 2 heterocycles. The van der Waals surface area contributed by atoms with Gasteiger partial charge in [-0.2, -0.15) is 28.4 Å². The number of nitrogens with zero attached hydrogens (tertiary/aromatic N) is 4. The fourth-order valence-corrected chi connectivity index (χ4v) is 3.32. The third kappa shape index (κ3) is 5.11. The number of ether oxygens (including phenoxy) is 1. The number of nitrogens with one attached hydrogen (secondary N) is 2. The van der Waals surface area contributed by atoms with Crippen LogP contribution in [0.3, 0.4) is 0 Å². The van der Waals surface area contributed by atoms with E-state index >= 15 is 0 Å². The largest absolute Gasteiger partial charge is 0.433 e. The Bertz CT molecular complexity index is 1200. The zero-order valence-electron chi connectivity index (χ0n) is 17.8. The van der Waals surface area contributed by atoms with E-state index in [0.29, 0.717) is 24.1 Å². The van der Waals surface area contributed by atoms with Crippen LogP contribution >= 0.6 is 0 Å². The van der Waals surface area contributed by atoms with E-state index < -0.39 is 6.11 Å². The Morgan fingerprint density at radius 2 is 1.88 bits per heavy atom. The molecule has 0 spiro atoms. The predicted molar refractivity (Wildman–Crippen MR) is 120 cm³/mol. The van der Waals surface area contributed by atoms with Crippen LogP contribution in [0, 0.1) is 0 Å². The van der Waals surface area contributed by atoms with Crippen LogP contribution in [0.5, 0.6) is 5.75 Å². The van der Waals surface area contributed by atoms with Crippen LogP contribution in [0.1, 0.15) is 25.8 Å². The van der Waals surface area contributed by atoms with Crippen molar-refractivity contribution in [1.82, 2.24) is 19.6 Å². The highest BCUT2D eigenvalue weighted by molar-refractivity contribution is 5.69. The quantitative estimate of drug-likeness (QED) is 0.373. The minimum Gasteiger partial charge on any atom is -0.433 e. The molecule has 4 aromatic rings. The van der Waals surface area contributed by atoms with E-state index in [-0.39, 0.29) is 5.75 Å². The molecule has 9 heteroatoms. The Balaban J connectivity index is 1.58. The Labute approximate surface area is 184 Å². The Morgan fingerprint density at radius 3 is 2.69 bits per heavy atom. The van der Waals surface area contributed by atoms with E-state index in [2.05, 4.69) is 32.6 Å². The topological polar surface area (TPSA) is 76.4 Å². The fourth-order valence-electron chi connectivity index (χ4n) is 3.32. The minimum atomic E-state index is -3.24. The third-order valence-electron chi connectivity index (χ3n) is 4.69. The van der Waals surface area contributed by atoms with Gasteiger partial charge in [0, 0.05) is 26.1 Å². The molecule has 0 saturated heterocycles. The molecule has 0 fully saturated rings. The van der Waals surface area contributed by atoms with Crippen molar-refractivity contribution in [1.29, 1.82) is 0 Å². The Kier molecular flexibility index (Phi) is 6.16. The summed E-state index contributed by atoms with van der Waals surface area (Å²) in [6.07, 6.45) is -0.613. The number of hydrogen-bond acceptors (Lipinski definition) is 6. The van der Waals surface area contributed by atoms with Gasteiger partial charge in [0.25, 0.3) is 0 Å². The smallest absolute Gasteiger partial charge is 0.394 e. The predicted octanol–water partition coefficient (Wildman–Crippen LogP) is 5.22. The highest BCUT2D eigenvalue weighted by Crippen LogP contribution is 2.29. The van der Waals surface area contributed by atoms with Crippen LogP contribution in [-0.2, 0) is 6.54 Å². The zero-order valence-corrected chi connectivity index (χ0v) is 17.8. The van der Waals surface area contributed by atoms with Gasteiger partial charge < -0.3 is 15.4 Å². The van der Waals surface area contributed by atoms with Crippen molar-refractivity contribution in [3.63, 3.8) is 0 Å². The van der Waals surface area contributed by atoms with E-state index in [1.54, 1.807) is 22.8 Å². The molecule has 0 atom stereocenters. The van der Waals surface area contributed by atoms with Gasteiger partial charge in [0.05, 0.1) is 6.20 Å². The second kappa shape index (κ2) is 9.17. The number of halogens is 2. The number of anilines is 2. The minimum absolute atomic E-state index is 0.110. The summed E-state index contributed by atoms with van der Waals surface area (Å²) >= 11 is 0. The van der Waals surface area contributed by atoms with Crippen molar-refractivity contribution in [3.05, 3.63) is 66.4 Å². The first-order valence-corrected chi connectivity index (χ1v) is 10.4. The molecule has 0 aliphatic rings. The summed E-state index contributed by atoms with van der Waals surface area (Å²) in [7, 11) is 0. The number of alkyl halides is 2. The van der Waals surface area contributed by atoms with Gasteiger partial charge >= 0.3 is 6.11 Å². The number of rotatable bonds is 9. The first-order chi connectivity index (χ1) is 15.4. The first kappa shape index (κ1) is 21.5. The van der Waals surface area contributed by atoms with Gasteiger partial charge in [0.1, 0.15) is 5.75 Å². The summed E-state index contributed by atoms with van der Waals surface area (Å²) in [5, 5.41) is 10.8. The lowest BCUT2D eigenvalue weighted by Crippen LogP contribution is -2.19. The maximum absolute atomic E-state index is 13.3. The van der Waals surface area contributed by atoms with Gasteiger partial charge in [-0.1, -0.05) is 43.3 Å².